The molecular formula is C28H23N. The molecule has 6 rings (SSSR count). The van der Waals surface area contributed by atoms with E-state index >= 15 is 0 Å². The van der Waals surface area contributed by atoms with E-state index in [2.05, 4.69) is 103 Å². The minimum atomic E-state index is 0.612. The number of para-hydroxylation sites is 2. The molecule has 140 valence electrons. The summed E-state index contributed by atoms with van der Waals surface area (Å²) in [6, 6.07) is 31.5. The molecule has 6 aromatic rings. The van der Waals surface area contributed by atoms with Crippen LogP contribution in [0.25, 0.3) is 49.2 Å². The van der Waals surface area contributed by atoms with Gasteiger partial charge in [-0.25, -0.2) is 0 Å². The average molecular weight is 373 g/mol. The smallest absolute Gasteiger partial charge is 0.0620 e. The predicted octanol–water partition coefficient (Wildman–Crippen LogP) is 8.02. The molecule has 0 N–H and O–H groups in total. The van der Waals surface area contributed by atoms with Gasteiger partial charge in [-0.05, 0) is 47.2 Å². The number of fused-ring (bicyclic) bond motifs is 6. The lowest BCUT2D eigenvalue weighted by atomic mass is 9.95. The molecule has 1 atom stereocenters. The second kappa shape index (κ2) is 6.09. The van der Waals surface area contributed by atoms with E-state index in [1.54, 1.807) is 0 Å². The van der Waals surface area contributed by atoms with E-state index < -0.39 is 0 Å². The minimum absolute atomic E-state index is 0.612. The third kappa shape index (κ3) is 2.28. The molecule has 0 saturated carbocycles. The van der Waals surface area contributed by atoms with E-state index in [4.69, 9.17) is 0 Å². The number of aromatic nitrogens is 1. The molecule has 29 heavy (non-hydrogen) atoms. The molecule has 4 aromatic carbocycles. The van der Waals surface area contributed by atoms with Gasteiger partial charge < -0.3 is 4.40 Å². The Kier molecular flexibility index (Phi) is 3.49. The van der Waals surface area contributed by atoms with Crippen LogP contribution in [0.4, 0.5) is 0 Å². The number of nitrogens with zero attached hydrogens (tertiary/aromatic N) is 1. The molecule has 0 aliphatic heterocycles. The van der Waals surface area contributed by atoms with Crippen LogP contribution < -0.4 is 0 Å². The van der Waals surface area contributed by atoms with Gasteiger partial charge in [-0.2, -0.15) is 0 Å². The first-order valence-electron chi connectivity index (χ1n) is 10.5. The van der Waals surface area contributed by atoms with Gasteiger partial charge in [-0.1, -0.05) is 80.6 Å². The van der Waals surface area contributed by atoms with Crippen molar-refractivity contribution in [3.8, 4) is 11.1 Å². The third-order valence-corrected chi connectivity index (χ3v) is 6.65. The topological polar surface area (TPSA) is 4.41 Å². The number of rotatable bonds is 3. The molecule has 2 heterocycles. The van der Waals surface area contributed by atoms with Gasteiger partial charge in [0, 0.05) is 21.5 Å². The average Bonchev–Trinajstić information content (AvgIpc) is 3.30. The first-order valence-corrected chi connectivity index (χ1v) is 10.5. The van der Waals surface area contributed by atoms with Crippen molar-refractivity contribution in [1.82, 2.24) is 4.40 Å². The molecule has 0 saturated heterocycles. The summed E-state index contributed by atoms with van der Waals surface area (Å²) in [4.78, 5) is 0. The highest BCUT2D eigenvalue weighted by atomic mass is 14.9. The maximum absolute atomic E-state index is 2.44. The minimum Gasteiger partial charge on any atom is -0.308 e. The largest absolute Gasteiger partial charge is 0.308 e. The Hall–Kier alpha value is -3.32. The van der Waals surface area contributed by atoms with Crippen LogP contribution in [0.15, 0.2) is 84.9 Å². The van der Waals surface area contributed by atoms with E-state index in [0.717, 1.165) is 0 Å². The zero-order valence-electron chi connectivity index (χ0n) is 16.8. The number of benzene rings is 4. The van der Waals surface area contributed by atoms with Crippen molar-refractivity contribution in [1.29, 1.82) is 0 Å². The van der Waals surface area contributed by atoms with Crippen LogP contribution in [0.2, 0.25) is 0 Å². The zero-order valence-corrected chi connectivity index (χ0v) is 16.8. The summed E-state index contributed by atoms with van der Waals surface area (Å²) in [5, 5.41) is 5.35. The molecule has 0 bridgehead atoms. The Labute approximate surface area is 170 Å². The fraction of sp³-hybridized carbons (Fsp3) is 0.143. The van der Waals surface area contributed by atoms with Gasteiger partial charge >= 0.3 is 0 Å². The number of hydrogen-bond acceptors (Lipinski definition) is 0. The van der Waals surface area contributed by atoms with Crippen LogP contribution in [0.1, 0.15) is 31.7 Å². The third-order valence-electron chi connectivity index (χ3n) is 6.65. The summed E-state index contributed by atoms with van der Waals surface area (Å²) in [7, 11) is 0. The molecule has 0 spiro atoms. The zero-order chi connectivity index (χ0) is 19.5. The molecule has 1 nitrogen and oxygen atoms in total. The maximum Gasteiger partial charge on any atom is 0.0620 e. The van der Waals surface area contributed by atoms with Gasteiger partial charge in [0.2, 0.25) is 0 Å². The summed E-state index contributed by atoms with van der Waals surface area (Å²) >= 11 is 0. The normalized spacial score (nSPS) is 13.2. The Morgan fingerprint density at radius 1 is 0.655 bits per heavy atom. The van der Waals surface area contributed by atoms with E-state index in [1.165, 1.54) is 61.2 Å². The second-order valence-corrected chi connectivity index (χ2v) is 8.22. The maximum atomic E-state index is 2.44. The van der Waals surface area contributed by atoms with Crippen molar-refractivity contribution < 1.29 is 0 Å². The van der Waals surface area contributed by atoms with Gasteiger partial charge in [0.1, 0.15) is 0 Å². The first kappa shape index (κ1) is 16.6. The van der Waals surface area contributed by atoms with Gasteiger partial charge in [-0.3, -0.25) is 0 Å². The molecular weight excluding hydrogens is 350 g/mol. The SMILES string of the molecule is CCC(C)c1ccc(-c2ccc3c(c2)c2cccc4c5ccccc5n3c42)cc1. The fourth-order valence-corrected chi connectivity index (χ4v) is 4.85. The van der Waals surface area contributed by atoms with Crippen LogP contribution >= 0.6 is 0 Å². The van der Waals surface area contributed by atoms with E-state index in [-0.39, 0.29) is 0 Å². The van der Waals surface area contributed by atoms with E-state index in [0.29, 0.717) is 5.92 Å². The number of hydrogen-bond donors (Lipinski definition) is 0. The van der Waals surface area contributed by atoms with Crippen molar-refractivity contribution in [2.75, 3.05) is 0 Å². The van der Waals surface area contributed by atoms with E-state index in [9.17, 15) is 0 Å². The lowest BCUT2D eigenvalue weighted by Gasteiger charge is -2.10. The van der Waals surface area contributed by atoms with Gasteiger partial charge in [-0.15, -0.1) is 0 Å². The Morgan fingerprint density at radius 2 is 1.31 bits per heavy atom. The van der Waals surface area contributed by atoms with Crippen LogP contribution in [0.3, 0.4) is 0 Å². The van der Waals surface area contributed by atoms with Crippen molar-refractivity contribution in [2.24, 2.45) is 0 Å². The Balaban J connectivity index is 1.61. The van der Waals surface area contributed by atoms with Gasteiger partial charge in [0.15, 0.2) is 0 Å². The van der Waals surface area contributed by atoms with Crippen LogP contribution in [-0.2, 0) is 0 Å². The molecule has 2 aromatic heterocycles. The van der Waals surface area contributed by atoms with Gasteiger partial charge in [0.25, 0.3) is 0 Å². The van der Waals surface area contributed by atoms with Crippen LogP contribution in [-0.4, -0.2) is 4.40 Å². The molecule has 1 heteroatoms. The standard InChI is InChI=1S/C28H23N/c1-3-18(2)19-11-13-20(14-12-19)21-15-16-27-25(17-21)24-9-6-8-23-22-7-4-5-10-26(22)29(27)28(23)24/h4-18H,3H2,1-2H3. The highest BCUT2D eigenvalue weighted by Crippen LogP contribution is 2.40. The van der Waals surface area contributed by atoms with Crippen LogP contribution in [0, 0.1) is 0 Å². The Bertz CT molecular complexity index is 1480. The molecule has 0 amide bonds. The van der Waals surface area contributed by atoms with Crippen LogP contribution in [0.5, 0.6) is 0 Å². The quantitative estimate of drug-likeness (QED) is 0.296. The molecule has 1 unspecified atom stereocenters. The summed E-state index contributed by atoms with van der Waals surface area (Å²) in [5.41, 5.74) is 7.91. The second-order valence-electron chi connectivity index (χ2n) is 8.22. The van der Waals surface area contributed by atoms with Gasteiger partial charge in [0.05, 0.1) is 16.6 Å². The Morgan fingerprint density at radius 3 is 2.10 bits per heavy atom. The summed E-state index contributed by atoms with van der Waals surface area (Å²) in [6.45, 7) is 4.54. The monoisotopic (exact) mass is 373 g/mol. The molecule has 0 radical (unpaired) electrons. The lowest BCUT2D eigenvalue weighted by Crippen LogP contribution is -1.90. The van der Waals surface area contributed by atoms with Crippen molar-refractivity contribution in [3.63, 3.8) is 0 Å². The fourth-order valence-electron chi connectivity index (χ4n) is 4.85. The predicted molar refractivity (Wildman–Crippen MR) is 125 cm³/mol. The summed E-state index contributed by atoms with van der Waals surface area (Å²) < 4.78 is 2.44. The van der Waals surface area contributed by atoms with Crippen molar-refractivity contribution in [3.05, 3.63) is 90.5 Å². The van der Waals surface area contributed by atoms with E-state index in [1.807, 2.05) is 0 Å². The van der Waals surface area contributed by atoms with Crippen molar-refractivity contribution >= 4 is 38.1 Å². The highest BCUT2D eigenvalue weighted by Gasteiger charge is 2.17. The van der Waals surface area contributed by atoms with Crippen molar-refractivity contribution in [2.45, 2.75) is 26.2 Å². The molecule has 0 fully saturated rings. The molecule has 0 aliphatic rings. The lowest BCUT2D eigenvalue weighted by molar-refractivity contribution is 0.734. The molecule has 0 aliphatic carbocycles. The summed E-state index contributed by atoms with van der Waals surface area (Å²) in [5.74, 6) is 0.612. The first-order chi connectivity index (χ1) is 14.3. The highest BCUT2D eigenvalue weighted by molar-refractivity contribution is 6.23. The summed E-state index contributed by atoms with van der Waals surface area (Å²) in [6.07, 6.45) is 1.18.